The van der Waals surface area contributed by atoms with Crippen molar-refractivity contribution in [2.75, 3.05) is 0 Å². The first-order chi connectivity index (χ1) is 6.52. The van der Waals surface area contributed by atoms with Crippen LogP contribution in [-0.4, -0.2) is 11.2 Å². The second-order valence-corrected chi connectivity index (χ2v) is 3.62. The Morgan fingerprint density at radius 2 is 2.07 bits per heavy atom. The Kier molecular flexibility index (Phi) is 3.84. The van der Waals surface area contributed by atoms with Crippen LogP contribution in [0.15, 0.2) is 12.1 Å². The van der Waals surface area contributed by atoms with E-state index in [4.69, 9.17) is 16.7 Å². The van der Waals surface area contributed by atoms with Crippen molar-refractivity contribution in [2.24, 2.45) is 0 Å². The summed E-state index contributed by atoms with van der Waals surface area (Å²) in [5.41, 5.74) is -0.0570. The molecule has 1 rings (SSSR count). The van der Waals surface area contributed by atoms with E-state index in [0.717, 1.165) is 6.07 Å². The molecule has 0 fully saturated rings. The van der Waals surface area contributed by atoms with E-state index < -0.39 is 17.7 Å². The SMILES string of the molecule is CC(O)CCc1c(F)ccc(Cl)c1F. The van der Waals surface area contributed by atoms with E-state index in [1.807, 2.05) is 0 Å². The van der Waals surface area contributed by atoms with Crippen LogP contribution in [0.1, 0.15) is 18.9 Å². The molecule has 1 nitrogen and oxygen atoms in total. The van der Waals surface area contributed by atoms with E-state index in [9.17, 15) is 8.78 Å². The molecule has 0 aliphatic rings. The fraction of sp³-hybridized carbons (Fsp3) is 0.400. The van der Waals surface area contributed by atoms with E-state index in [1.54, 1.807) is 6.92 Å². The predicted molar refractivity (Wildman–Crippen MR) is 51.4 cm³/mol. The zero-order valence-electron chi connectivity index (χ0n) is 7.73. The van der Waals surface area contributed by atoms with Crippen LogP contribution in [0.4, 0.5) is 8.78 Å². The van der Waals surface area contributed by atoms with Gasteiger partial charge in [0.05, 0.1) is 11.1 Å². The quantitative estimate of drug-likeness (QED) is 0.777. The Bertz CT molecular complexity index is 326. The van der Waals surface area contributed by atoms with Crippen molar-refractivity contribution in [3.8, 4) is 0 Å². The van der Waals surface area contributed by atoms with E-state index in [1.165, 1.54) is 6.07 Å². The van der Waals surface area contributed by atoms with Gasteiger partial charge >= 0.3 is 0 Å². The molecule has 0 spiro atoms. The lowest BCUT2D eigenvalue weighted by Crippen LogP contribution is -2.04. The van der Waals surface area contributed by atoms with Crippen molar-refractivity contribution in [2.45, 2.75) is 25.9 Å². The molecule has 0 bridgehead atoms. The molecule has 14 heavy (non-hydrogen) atoms. The zero-order valence-corrected chi connectivity index (χ0v) is 8.48. The summed E-state index contributed by atoms with van der Waals surface area (Å²) < 4.78 is 26.4. The summed E-state index contributed by atoms with van der Waals surface area (Å²) in [4.78, 5) is 0. The van der Waals surface area contributed by atoms with Crippen LogP contribution >= 0.6 is 11.6 Å². The molecule has 1 aromatic carbocycles. The van der Waals surface area contributed by atoms with E-state index >= 15 is 0 Å². The Hall–Kier alpha value is -0.670. The van der Waals surface area contributed by atoms with Gasteiger partial charge in [0, 0.05) is 5.56 Å². The molecule has 1 unspecified atom stereocenters. The van der Waals surface area contributed by atoms with Gasteiger partial charge in [-0.15, -0.1) is 0 Å². The summed E-state index contributed by atoms with van der Waals surface area (Å²) >= 11 is 5.50. The Labute approximate surface area is 86.3 Å². The van der Waals surface area contributed by atoms with Gasteiger partial charge in [0.1, 0.15) is 11.6 Å². The molecule has 1 atom stereocenters. The lowest BCUT2D eigenvalue weighted by Gasteiger charge is -2.07. The van der Waals surface area contributed by atoms with Crippen LogP contribution < -0.4 is 0 Å². The third-order valence-electron chi connectivity index (χ3n) is 1.95. The van der Waals surface area contributed by atoms with Gasteiger partial charge in [-0.05, 0) is 31.9 Å². The zero-order chi connectivity index (χ0) is 10.7. The van der Waals surface area contributed by atoms with Gasteiger partial charge < -0.3 is 5.11 Å². The minimum Gasteiger partial charge on any atom is -0.393 e. The third kappa shape index (κ3) is 2.66. The number of hydrogen-bond acceptors (Lipinski definition) is 1. The van der Waals surface area contributed by atoms with Crippen LogP contribution in [0.2, 0.25) is 5.02 Å². The van der Waals surface area contributed by atoms with Gasteiger partial charge in [-0.1, -0.05) is 11.6 Å². The number of rotatable bonds is 3. The highest BCUT2D eigenvalue weighted by Crippen LogP contribution is 2.22. The first kappa shape index (κ1) is 11.4. The molecule has 1 aromatic rings. The van der Waals surface area contributed by atoms with Crippen LogP contribution in [0.5, 0.6) is 0 Å². The molecule has 0 radical (unpaired) electrons. The second-order valence-electron chi connectivity index (χ2n) is 3.21. The number of aliphatic hydroxyl groups is 1. The molecule has 78 valence electrons. The normalized spacial score (nSPS) is 12.9. The van der Waals surface area contributed by atoms with E-state index in [0.29, 0.717) is 6.42 Å². The standard InChI is InChI=1S/C10H11ClF2O/c1-6(14)2-3-7-9(12)5-4-8(11)10(7)13/h4-6,14H,2-3H2,1H3. The average molecular weight is 221 g/mol. The fourth-order valence-corrected chi connectivity index (χ4v) is 1.33. The lowest BCUT2D eigenvalue weighted by molar-refractivity contribution is 0.184. The third-order valence-corrected chi connectivity index (χ3v) is 2.24. The Morgan fingerprint density at radius 3 is 2.64 bits per heavy atom. The van der Waals surface area contributed by atoms with Crippen molar-refractivity contribution >= 4 is 11.6 Å². The fourth-order valence-electron chi connectivity index (χ4n) is 1.15. The molecule has 0 aromatic heterocycles. The van der Waals surface area contributed by atoms with Gasteiger partial charge in [-0.3, -0.25) is 0 Å². The predicted octanol–water partition coefficient (Wildman–Crippen LogP) is 2.93. The molecule has 1 N–H and O–H groups in total. The van der Waals surface area contributed by atoms with Gasteiger partial charge in [-0.2, -0.15) is 0 Å². The smallest absolute Gasteiger partial charge is 0.147 e. The molecule has 0 saturated carbocycles. The number of benzene rings is 1. The largest absolute Gasteiger partial charge is 0.393 e. The molecule has 0 aliphatic heterocycles. The molecule has 0 amide bonds. The van der Waals surface area contributed by atoms with Gasteiger partial charge in [-0.25, -0.2) is 8.78 Å². The lowest BCUT2D eigenvalue weighted by atomic mass is 10.1. The van der Waals surface area contributed by atoms with Crippen LogP contribution in [0, 0.1) is 11.6 Å². The molecular formula is C10H11ClF2O. The maximum Gasteiger partial charge on any atom is 0.147 e. The monoisotopic (exact) mass is 220 g/mol. The van der Waals surface area contributed by atoms with Gasteiger partial charge in [0.15, 0.2) is 0 Å². The van der Waals surface area contributed by atoms with Crippen LogP contribution in [0.25, 0.3) is 0 Å². The highest BCUT2D eigenvalue weighted by molar-refractivity contribution is 6.30. The Balaban J connectivity index is 2.89. The number of halogens is 3. The minimum absolute atomic E-state index is 0.0570. The van der Waals surface area contributed by atoms with Crippen molar-refractivity contribution in [3.05, 3.63) is 34.4 Å². The maximum absolute atomic E-state index is 13.3. The number of aliphatic hydroxyl groups excluding tert-OH is 1. The van der Waals surface area contributed by atoms with Gasteiger partial charge in [0.25, 0.3) is 0 Å². The van der Waals surface area contributed by atoms with Crippen molar-refractivity contribution in [1.82, 2.24) is 0 Å². The van der Waals surface area contributed by atoms with Crippen LogP contribution in [-0.2, 0) is 6.42 Å². The van der Waals surface area contributed by atoms with Crippen molar-refractivity contribution in [1.29, 1.82) is 0 Å². The first-order valence-electron chi connectivity index (χ1n) is 4.32. The van der Waals surface area contributed by atoms with Gasteiger partial charge in [0.2, 0.25) is 0 Å². The second kappa shape index (κ2) is 4.71. The van der Waals surface area contributed by atoms with Crippen molar-refractivity contribution in [3.63, 3.8) is 0 Å². The minimum atomic E-state index is -0.729. The van der Waals surface area contributed by atoms with Crippen LogP contribution in [0.3, 0.4) is 0 Å². The molecule has 0 heterocycles. The molecular weight excluding hydrogens is 210 g/mol. The first-order valence-corrected chi connectivity index (χ1v) is 4.70. The summed E-state index contributed by atoms with van der Waals surface area (Å²) in [7, 11) is 0. The summed E-state index contributed by atoms with van der Waals surface area (Å²) in [5.74, 6) is -1.35. The highest BCUT2D eigenvalue weighted by Gasteiger charge is 2.12. The van der Waals surface area contributed by atoms with Crippen molar-refractivity contribution < 1.29 is 13.9 Å². The van der Waals surface area contributed by atoms with E-state index in [2.05, 4.69) is 0 Å². The Morgan fingerprint density at radius 1 is 1.43 bits per heavy atom. The maximum atomic E-state index is 13.3. The molecule has 0 aliphatic carbocycles. The summed E-state index contributed by atoms with van der Waals surface area (Å²) in [6, 6.07) is 2.31. The topological polar surface area (TPSA) is 20.2 Å². The highest BCUT2D eigenvalue weighted by atomic mass is 35.5. The summed E-state index contributed by atoms with van der Waals surface area (Å²) in [5, 5.41) is 8.90. The average Bonchev–Trinajstić information content (AvgIpc) is 2.11. The number of hydrogen-bond donors (Lipinski definition) is 1. The molecule has 0 saturated heterocycles. The summed E-state index contributed by atoms with van der Waals surface area (Å²) in [6.07, 6.45) is -0.114. The molecule has 4 heteroatoms. The summed E-state index contributed by atoms with van der Waals surface area (Å²) in [6.45, 7) is 1.57. The van der Waals surface area contributed by atoms with E-state index in [-0.39, 0.29) is 17.0 Å².